The van der Waals surface area contributed by atoms with Crippen molar-refractivity contribution in [3.63, 3.8) is 0 Å². The Bertz CT molecular complexity index is 990. The zero-order valence-corrected chi connectivity index (χ0v) is 18.8. The van der Waals surface area contributed by atoms with Crippen LogP contribution < -0.4 is 4.74 Å². The summed E-state index contributed by atoms with van der Waals surface area (Å²) in [6, 6.07) is 9.98. The van der Waals surface area contributed by atoms with Gasteiger partial charge in [-0.2, -0.15) is 0 Å². The molecule has 1 aromatic heterocycles. The fourth-order valence-corrected chi connectivity index (χ4v) is 3.93. The molecule has 2 aromatic rings. The smallest absolute Gasteiger partial charge is 0.290 e. The van der Waals surface area contributed by atoms with E-state index in [-0.39, 0.29) is 5.57 Å². The highest BCUT2D eigenvalue weighted by Gasteiger charge is 2.42. The molecule has 0 saturated carbocycles. The number of methoxy groups -OCH3 is 1. The first-order valence-corrected chi connectivity index (χ1v) is 10.9. The van der Waals surface area contributed by atoms with E-state index in [9.17, 15) is 14.7 Å². The first-order chi connectivity index (χ1) is 15.5. The van der Waals surface area contributed by atoms with E-state index in [1.165, 1.54) is 18.4 Å². The summed E-state index contributed by atoms with van der Waals surface area (Å²) in [6.07, 6.45) is 5.09. The summed E-state index contributed by atoms with van der Waals surface area (Å²) in [5, 5.41) is 10.7. The van der Waals surface area contributed by atoms with Gasteiger partial charge in [0.2, 0.25) is 0 Å². The van der Waals surface area contributed by atoms with Crippen molar-refractivity contribution in [1.82, 2.24) is 9.80 Å². The van der Waals surface area contributed by atoms with Crippen molar-refractivity contribution in [3.05, 3.63) is 71.4 Å². The van der Waals surface area contributed by atoms with Gasteiger partial charge < -0.3 is 24.1 Å². The molecule has 3 rings (SSSR count). The molecule has 1 aliphatic rings. The predicted octanol–water partition coefficient (Wildman–Crippen LogP) is 4.00. The van der Waals surface area contributed by atoms with Crippen molar-refractivity contribution in [2.75, 3.05) is 33.3 Å². The number of nitrogens with zero attached hydrogens (tertiary/aromatic N) is 2. The first kappa shape index (κ1) is 23.3. The Balaban J connectivity index is 1.91. The van der Waals surface area contributed by atoms with Gasteiger partial charge in [0, 0.05) is 6.54 Å². The van der Waals surface area contributed by atoms with Crippen molar-refractivity contribution < 1.29 is 23.8 Å². The lowest BCUT2D eigenvalue weighted by Gasteiger charge is -2.28. The number of hydrogen-bond acceptors (Lipinski definition) is 6. The van der Waals surface area contributed by atoms with Crippen molar-refractivity contribution >= 4 is 17.8 Å². The molecule has 1 aliphatic heterocycles. The molecule has 0 radical (unpaired) electrons. The normalized spacial score (nSPS) is 16.6. The van der Waals surface area contributed by atoms with Crippen LogP contribution in [0.2, 0.25) is 0 Å². The van der Waals surface area contributed by atoms with Crippen LogP contribution in [-0.4, -0.2) is 59.9 Å². The molecule has 2 heterocycles. The second-order valence-corrected chi connectivity index (χ2v) is 7.53. The molecule has 1 atom stereocenters. The Labute approximate surface area is 188 Å². The summed E-state index contributed by atoms with van der Waals surface area (Å²) in [7, 11) is 1.56. The van der Waals surface area contributed by atoms with E-state index >= 15 is 0 Å². The van der Waals surface area contributed by atoms with Crippen molar-refractivity contribution in [1.29, 1.82) is 0 Å². The Morgan fingerprint density at radius 1 is 1.25 bits per heavy atom. The average Bonchev–Trinajstić information content (AvgIpc) is 3.42. The van der Waals surface area contributed by atoms with Gasteiger partial charge in [0.15, 0.2) is 11.5 Å². The maximum Gasteiger partial charge on any atom is 0.290 e. The monoisotopic (exact) mass is 438 g/mol. The molecule has 1 amide bonds. The number of benzene rings is 1. The molecular weight excluding hydrogens is 408 g/mol. The van der Waals surface area contributed by atoms with E-state index in [2.05, 4.69) is 18.7 Å². The average molecular weight is 439 g/mol. The fourth-order valence-electron chi connectivity index (χ4n) is 3.93. The lowest BCUT2D eigenvalue weighted by Crippen LogP contribution is -2.34. The molecule has 7 nitrogen and oxygen atoms in total. The van der Waals surface area contributed by atoms with Gasteiger partial charge in [-0.1, -0.05) is 26.0 Å². The largest absolute Gasteiger partial charge is 0.503 e. The van der Waals surface area contributed by atoms with E-state index in [0.717, 1.165) is 26.1 Å². The summed E-state index contributed by atoms with van der Waals surface area (Å²) in [5.41, 5.74) is 0.772. The van der Waals surface area contributed by atoms with E-state index in [1.807, 2.05) is 12.1 Å². The molecule has 32 heavy (non-hydrogen) atoms. The quantitative estimate of drug-likeness (QED) is 0.534. The van der Waals surface area contributed by atoms with E-state index in [4.69, 9.17) is 9.15 Å². The minimum atomic E-state index is -0.692. The Hall–Kier alpha value is -3.32. The van der Waals surface area contributed by atoms with Crippen molar-refractivity contribution in [2.45, 2.75) is 26.3 Å². The molecule has 0 aliphatic carbocycles. The van der Waals surface area contributed by atoms with Gasteiger partial charge >= 0.3 is 0 Å². The summed E-state index contributed by atoms with van der Waals surface area (Å²) in [4.78, 5) is 29.9. The van der Waals surface area contributed by atoms with Gasteiger partial charge in [0.05, 0.1) is 25.0 Å². The Morgan fingerprint density at radius 3 is 2.69 bits per heavy atom. The summed E-state index contributed by atoms with van der Waals surface area (Å²) in [5.74, 6) is -0.354. The van der Waals surface area contributed by atoms with Crippen molar-refractivity contribution in [3.8, 4) is 5.75 Å². The van der Waals surface area contributed by atoms with Gasteiger partial charge in [-0.3, -0.25) is 9.59 Å². The molecular formula is C25H30N2O5. The minimum absolute atomic E-state index is 0.0638. The molecule has 1 aromatic carbocycles. The number of carbonyl (C=O) groups is 2. The van der Waals surface area contributed by atoms with Crippen LogP contribution in [0.3, 0.4) is 0 Å². The Kier molecular flexibility index (Phi) is 7.89. The highest BCUT2D eigenvalue weighted by atomic mass is 16.5. The summed E-state index contributed by atoms with van der Waals surface area (Å²) < 4.78 is 10.6. The standard InChI is InChI=1S/C25H30N2O5/c1-4-26(5-2)14-8-15-27-23(18-9-6-10-20(17-18)31-3)22(24(29)25(27)30)21(28)13-12-19-11-7-16-32-19/h6-7,9-13,16-17,23,29H,4-5,8,14-15H2,1-3H3/b13-12+. The molecule has 0 saturated heterocycles. The third-order valence-electron chi connectivity index (χ3n) is 5.69. The number of ketones is 1. The molecule has 1 unspecified atom stereocenters. The number of carbonyl (C=O) groups excluding carboxylic acids is 2. The number of ether oxygens (including phenoxy) is 1. The first-order valence-electron chi connectivity index (χ1n) is 10.9. The number of aliphatic hydroxyl groups is 1. The number of aliphatic hydroxyl groups excluding tert-OH is 1. The highest BCUT2D eigenvalue weighted by Crippen LogP contribution is 2.39. The maximum absolute atomic E-state index is 13.1. The number of amides is 1. The second kappa shape index (κ2) is 10.8. The van der Waals surface area contributed by atoms with Crippen molar-refractivity contribution in [2.24, 2.45) is 0 Å². The van der Waals surface area contributed by atoms with E-state index < -0.39 is 23.5 Å². The lowest BCUT2D eigenvalue weighted by atomic mass is 9.95. The van der Waals surface area contributed by atoms with Crippen LogP contribution in [0.25, 0.3) is 6.08 Å². The second-order valence-electron chi connectivity index (χ2n) is 7.53. The molecule has 0 spiro atoms. The van der Waals surface area contributed by atoms with Crippen LogP contribution >= 0.6 is 0 Å². The topological polar surface area (TPSA) is 83.2 Å². The SMILES string of the molecule is CCN(CC)CCCN1C(=O)C(O)=C(C(=O)/C=C/c2ccco2)C1c1cccc(OC)c1. The summed E-state index contributed by atoms with van der Waals surface area (Å²) >= 11 is 0. The zero-order chi connectivity index (χ0) is 23.1. The number of allylic oxidation sites excluding steroid dienone is 1. The molecule has 170 valence electrons. The molecule has 1 N–H and O–H groups in total. The summed E-state index contributed by atoms with van der Waals surface area (Å²) in [6.45, 7) is 7.28. The van der Waals surface area contributed by atoms with Gasteiger partial charge in [-0.25, -0.2) is 0 Å². The van der Waals surface area contributed by atoms with Gasteiger partial charge in [-0.15, -0.1) is 0 Å². The Morgan fingerprint density at radius 2 is 2.03 bits per heavy atom. The van der Waals surface area contributed by atoms with Crippen LogP contribution in [0.15, 0.2) is 64.5 Å². The number of hydrogen-bond donors (Lipinski definition) is 1. The minimum Gasteiger partial charge on any atom is -0.503 e. The maximum atomic E-state index is 13.1. The zero-order valence-electron chi connectivity index (χ0n) is 18.8. The number of rotatable bonds is 11. The van der Waals surface area contributed by atoms with Crippen LogP contribution in [0.1, 0.15) is 37.6 Å². The molecule has 0 bridgehead atoms. The lowest BCUT2D eigenvalue weighted by molar-refractivity contribution is -0.129. The third kappa shape index (κ3) is 5.11. The molecule has 0 fully saturated rings. The fraction of sp³-hybridized carbons (Fsp3) is 0.360. The van der Waals surface area contributed by atoms with E-state index in [0.29, 0.717) is 23.6 Å². The van der Waals surface area contributed by atoms with Crippen LogP contribution in [0.5, 0.6) is 5.75 Å². The van der Waals surface area contributed by atoms with Gasteiger partial charge in [-0.05, 0) is 68.0 Å². The van der Waals surface area contributed by atoms with Gasteiger partial charge in [0.25, 0.3) is 5.91 Å². The third-order valence-corrected chi connectivity index (χ3v) is 5.69. The van der Waals surface area contributed by atoms with Crippen LogP contribution in [-0.2, 0) is 9.59 Å². The van der Waals surface area contributed by atoms with Crippen LogP contribution in [0.4, 0.5) is 0 Å². The van der Waals surface area contributed by atoms with Crippen LogP contribution in [0, 0.1) is 0 Å². The van der Waals surface area contributed by atoms with E-state index in [1.54, 1.807) is 36.3 Å². The van der Waals surface area contributed by atoms with Gasteiger partial charge in [0.1, 0.15) is 11.5 Å². The molecule has 7 heteroatoms. The highest BCUT2D eigenvalue weighted by molar-refractivity contribution is 6.14. The number of furan rings is 1. The predicted molar refractivity (Wildman–Crippen MR) is 122 cm³/mol.